The Morgan fingerprint density at radius 3 is 0.810 bits per heavy atom. The lowest BCUT2D eigenvalue weighted by Gasteiger charge is -2.37. The molecule has 3 aliphatic rings. The molecule has 0 bridgehead atoms. The first-order valence-corrected chi connectivity index (χ1v) is 25.7. The van der Waals surface area contributed by atoms with Gasteiger partial charge in [-0.1, -0.05) is 0 Å². The quantitative estimate of drug-likeness (QED) is 0.0486. The summed E-state index contributed by atoms with van der Waals surface area (Å²) >= 11 is 0. The molecule has 0 amide bonds. The molecule has 6 aromatic rings. The number of Topliss-reactive ketones (excluding diaryl/α,β-unsaturated/α-hetero) is 9. The Kier molecular flexibility index (Phi) is 15.2. The third kappa shape index (κ3) is 10.5. The van der Waals surface area contributed by atoms with E-state index < -0.39 is 51.7 Å². The zero-order valence-electron chi connectivity index (χ0n) is 44.4. The summed E-state index contributed by atoms with van der Waals surface area (Å²) in [6.07, 6.45) is 19.2. The molecular weight excluding hydrogens is 999 g/mol. The van der Waals surface area contributed by atoms with Gasteiger partial charge in [0.15, 0.2) is 68.7 Å². The molecule has 398 valence electrons. The van der Waals surface area contributed by atoms with E-state index in [0.29, 0.717) is 17.1 Å². The predicted octanol–water partition coefficient (Wildman–Crippen LogP) is 9.16. The van der Waals surface area contributed by atoms with Crippen molar-refractivity contribution < 1.29 is 43.2 Å². The van der Waals surface area contributed by atoms with Crippen LogP contribution in [0.1, 0.15) is 155 Å². The van der Waals surface area contributed by atoms with Crippen molar-refractivity contribution in [2.24, 2.45) is 15.0 Å². The first kappa shape index (κ1) is 54.5. The molecule has 3 N–H and O–H groups in total. The summed E-state index contributed by atoms with van der Waals surface area (Å²) in [5, 5.41) is 0. The van der Waals surface area contributed by atoms with Gasteiger partial charge in [-0.3, -0.25) is 63.0 Å². The molecule has 0 aliphatic carbocycles. The molecule has 3 aliphatic heterocycles. The molecule has 16 heteroatoms. The van der Waals surface area contributed by atoms with Gasteiger partial charge in [-0.05, 0) is 186 Å². The van der Waals surface area contributed by atoms with Gasteiger partial charge in [0.1, 0.15) is 0 Å². The molecule has 0 saturated heterocycles. The molecule has 0 radical (unpaired) electrons. The average Bonchev–Trinajstić information content (AvgIpc) is 4.52. The average molecular weight is 1060 g/mol. The summed E-state index contributed by atoms with van der Waals surface area (Å²) in [6, 6.07) is 24.2. The topological polar surface area (TPSA) is 241 Å². The highest BCUT2D eigenvalue weighted by Gasteiger charge is 2.49. The van der Waals surface area contributed by atoms with E-state index in [1.165, 1.54) is 78.4 Å². The second kappa shape index (κ2) is 22.0. The number of benzene rings is 3. The number of ketones is 9. The number of aliphatic imine (C=N–C) groups is 3. The highest BCUT2D eigenvalue weighted by Crippen LogP contribution is 2.43. The molecule has 0 fully saturated rings. The molecular formula is C63H57N7O9. The molecule has 3 aromatic heterocycles. The zero-order valence-corrected chi connectivity index (χ0v) is 44.4. The van der Waals surface area contributed by atoms with E-state index in [2.05, 4.69) is 15.0 Å². The van der Waals surface area contributed by atoms with Gasteiger partial charge >= 0.3 is 0 Å². The number of hydrogen-bond acceptors (Lipinski definition) is 13. The van der Waals surface area contributed by atoms with Crippen molar-refractivity contribution in [3.05, 3.63) is 213 Å². The number of aromatic nitrogens is 3. The Hall–Kier alpha value is -9.28. The van der Waals surface area contributed by atoms with Crippen molar-refractivity contribution >= 4 is 70.7 Å². The highest BCUT2D eigenvalue weighted by atomic mass is 16.2. The van der Waals surface area contributed by atoms with Crippen LogP contribution in [-0.2, 0) is 31.0 Å². The predicted molar refractivity (Wildman–Crippen MR) is 299 cm³/mol. The summed E-state index contributed by atoms with van der Waals surface area (Å²) in [5.74, 6) is -6.83. The second-order valence-electron chi connectivity index (χ2n) is 20.3. The van der Waals surface area contributed by atoms with Crippen molar-refractivity contribution in [1.29, 1.82) is 0 Å². The van der Waals surface area contributed by atoms with Gasteiger partial charge in [-0.2, -0.15) is 0 Å². The van der Waals surface area contributed by atoms with E-state index in [0.717, 1.165) is 0 Å². The molecule has 9 rings (SSSR count). The molecule has 6 unspecified atom stereocenters. The van der Waals surface area contributed by atoms with Crippen molar-refractivity contribution in [3.63, 3.8) is 0 Å². The van der Waals surface area contributed by atoms with Crippen LogP contribution in [0.5, 0.6) is 0 Å². The van der Waals surface area contributed by atoms with Crippen LogP contribution >= 0.6 is 0 Å². The van der Waals surface area contributed by atoms with Gasteiger partial charge in [0, 0.05) is 107 Å². The van der Waals surface area contributed by atoms with Crippen LogP contribution in [0.4, 0.5) is 0 Å². The monoisotopic (exact) mass is 1060 g/mol. The van der Waals surface area contributed by atoms with Crippen LogP contribution in [0.15, 0.2) is 161 Å². The van der Waals surface area contributed by atoms with E-state index in [1.807, 2.05) is 4.90 Å². The molecule has 79 heavy (non-hydrogen) atoms. The van der Waals surface area contributed by atoms with E-state index >= 15 is 14.4 Å². The van der Waals surface area contributed by atoms with Crippen LogP contribution in [-0.4, -0.2) is 110 Å². The largest absolute Gasteiger partial charge is 0.364 e. The number of rotatable bonds is 24. The van der Waals surface area contributed by atoms with Gasteiger partial charge in [0.2, 0.25) is 0 Å². The fourth-order valence-electron chi connectivity index (χ4n) is 10.7. The highest BCUT2D eigenvalue weighted by molar-refractivity contribution is 6.07. The van der Waals surface area contributed by atoms with Crippen LogP contribution in [0.2, 0.25) is 0 Å². The molecule has 3 aromatic carbocycles. The number of aromatic amines is 3. The maximum Gasteiger partial charge on any atom is 0.179 e. The minimum atomic E-state index is -1.77. The Morgan fingerprint density at radius 2 is 0.633 bits per heavy atom. The van der Waals surface area contributed by atoms with E-state index in [4.69, 9.17) is 15.0 Å². The van der Waals surface area contributed by atoms with Crippen molar-refractivity contribution in [3.8, 4) is 0 Å². The van der Waals surface area contributed by atoms with Crippen LogP contribution in [0.25, 0.3) is 0 Å². The first-order chi connectivity index (χ1) is 37.8. The van der Waals surface area contributed by atoms with Crippen LogP contribution in [0, 0.1) is 0 Å². The number of nitrogens with zero attached hydrogens (tertiary/aromatic N) is 4. The molecule has 16 nitrogen and oxygen atoms in total. The normalized spacial score (nSPS) is 19.9. The van der Waals surface area contributed by atoms with Crippen LogP contribution < -0.4 is 0 Å². The maximum absolute atomic E-state index is 16.1. The molecule has 0 spiro atoms. The Balaban J connectivity index is 1.24. The van der Waals surface area contributed by atoms with Gasteiger partial charge in [-0.25, -0.2) is 0 Å². The second-order valence-corrected chi connectivity index (χ2v) is 20.3. The molecule has 6 heterocycles. The Labute approximate surface area is 455 Å². The summed E-state index contributed by atoms with van der Waals surface area (Å²) < 4.78 is 0. The van der Waals surface area contributed by atoms with Gasteiger partial charge < -0.3 is 15.0 Å². The van der Waals surface area contributed by atoms with Crippen molar-refractivity contribution in [2.75, 3.05) is 19.6 Å². The van der Waals surface area contributed by atoms with E-state index in [-0.39, 0.29) is 104 Å². The molecule has 0 saturated carbocycles. The number of carbonyl (C=O) groups is 9. The lowest BCUT2D eigenvalue weighted by Crippen LogP contribution is -2.47. The standard InChI is InChI=1S/C63H57N7O9/c1-37(71)43-25-44(38(2)72)29-49(28-43)61(16-10-22-67-61)58(77)52(55-13-7-19-64-55)34-70(35-53(56-14-8-20-65-56)59(78)62(17-11-23-68-62)50-30-45(39(3)73)26-46(31-50)40(4)74)36-54(57-15-9-21-66-57)60(79)63(18-12-24-69-63)51-32-47(41(5)75)27-48(33-51)42(6)76/h7-33,52-54,64-66H,34-36H2,1-6H3. The summed E-state index contributed by atoms with van der Waals surface area (Å²) in [4.78, 5) is 152. The van der Waals surface area contributed by atoms with Gasteiger partial charge in [0.25, 0.3) is 0 Å². The minimum absolute atomic E-state index is 0.188. The number of carbonyl (C=O) groups excluding carboxylic acids is 9. The number of H-pyrrole nitrogens is 3. The van der Waals surface area contributed by atoms with Gasteiger partial charge in [-0.15, -0.1) is 0 Å². The number of nitrogens with one attached hydrogen (secondary N) is 3. The summed E-state index contributed by atoms with van der Waals surface area (Å²) in [5.41, 5.74) is -1.94. The van der Waals surface area contributed by atoms with Crippen molar-refractivity contribution in [2.45, 2.75) is 75.9 Å². The SMILES string of the molecule is CC(=O)c1cc(C(C)=O)cc(C2(C(=O)C(CN(CC(C(=O)C3(c4cc(C(C)=O)cc(C(C)=O)c4)C=CC=N3)c3ccc[nH]3)CC(C(=O)C3(c4cc(C(C)=O)cc(C(C)=O)c4)C=CC=N3)c3ccc[nH]3)c3ccc[nH]3)C=CC=N2)c1. The van der Waals surface area contributed by atoms with Gasteiger partial charge in [0.05, 0.1) is 17.8 Å². The Bertz CT molecular complexity index is 3150. The summed E-state index contributed by atoms with van der Waals surface area (Å²) in [7, 11) is 0. The zero-order chi connectivity index (χ0) is 56.4. The number of allylic oxidation sites excluding steroid dienone is 3. The summed E-state index contributed by atoms with van der Waals surface area (Å²) in [6.45, 7) is 7.64. The molecule has 6 atom stereocenters. The maximum atomic E-state index is 16.1. The fraction of sp³-hybridized carbons (Fsp3) is 0.238. The van der Waals surface area contributed by atoms with Crippen molar-refractivity contribution in [1.82, 2.24) is 19.9 Å². The third-order valence-electron chi connectivity index (χ3n) is 15.1. The van der Waals surface area contributed by atoms with E-state index in [1.54, 1.807) is 128 Å². The fourth-order valence-corrected chi connectivity index (χ4v) is 10.7. The lowest BCUT2D eigenvalue weighted by atomic mass is 9.76. The smallest absolute Gasteiger partial charge is 0.179 e. The van der Waals surface area contributed by atoms with E-state index in [9.17, 15) is 28.8 Å². The lowest BCUT2D eigenvalue weighted by molar-refractivity contribution is -0.125. The first-order valence-electron chi connectivity index (χ1n) is 25.7. The minimum Gasteiger partial charge on any atom is -0.364 e. The number of hydrogen-bond donors (Lipinski definition) is 3. The Morgan fingerprint density at radius 1 is 0.392 bits per heavy atom. The van der Waals surface area contributed by atoms with Crippen LogP contribution in [0.3, 0.4) is 0 Å². The third-order valence-corrected chi connectivity index (χ3v) is 15.1.